The first kappa shape index (κ1) is 10.3. The Balaban J connectivity index is 2.12. The van der Waals surface area contributed by atoms with Gasteiger partial charge in [0.25, 0.3) is 0 Å². The monoisotopic (exact) mass is 216 g/mol. The van der Waals surface area contributed by atoms with Gasteiger partial charge in [0.1, 0.15) is 0 Å². The smallest absolute Gasteiger partial charge is 0.159 e. The van der Waals surface area contributed by atoms with Crippen LogP contribution in [0.4, 0.5) is 0 Å². The zero-order chi connectivity index (χ0) is 11.7. The summed E-state index contributed by atoms with van der Waals surface area (Å²) in [5, 5.41) is 0. The standard InChI is InChI=1S/C15H20O/c1-9-5-11-6-13(16)10(2)15(11)8-14(3,4)7-12(9)15/h11-12H,1-2,5-8H2,3-4H3/t11-,12+,15+/m1/s1. The quantitative estimate of drug-likeness (QED) is 0.447. The molecule has 0 N–H and O–H groups in total. The fourth-order valence-corrected chi connectivity index (χ4v) is 4.72. The predicted molar refractivity (Wildman–Crippen MR) is 64.9 cm³/mol. The van der Waals surface area contributed by atoms with Crippen molar-refractivity contribution in [2.75, 3.05) is 0 Å². The summed E-state index contributed by atoms with van der Waals surface area (Å²) in [6, 6.07) is 0. The molecule has 3 fully saturated rings. The third-order valence-corrected chi connectivity index (χ3v) is 5.21. The van der Waals surface area contributed by atoms with Crippen LogP contribution in [0.15, 0.2) is 24.3 Å². The molecule has 1 heteroatoms. The Labute approximate surface area is 97.6 Å². The molecule has 1 nitrogen and oxygen atoms in total. The van der Waals surface area contributed by atoms with E-state index in [9.17, 15) is 4.79 Å². The van der Waals surface area contributed by atoms with Gasteiger partial charge in [-0.15, -0.1) is 0 Å². The van der Waals surface area contributed by atoms with Crippen LogP contribution in [0.2, 0.25) is 0 Å². The van der Waals surface area contributed by atoms with E-state index in [1.165, 1.54) is 12.0 Å². The van der Waals surface area contributed by atoms with E-state index in [0.29, 0.717) is 23.0 Å². The lowest BCUT2D eigenvalue weighted by molar-refractivity contribution is -0.114. The van der Waals surface area contributed by atoms with Gasteiger partial charge in [0.05, 0.1) is 0 Å². The van der Waals surface area contributed by atoms with E-state index in [0.717, 1.165) is 24.8 Å². The predicted octanol–water partition coefficient (Wildman–Crippen LogP) is 3.51. The summed E-state index contributed by atoms with van der Waals surface area (Å²) in [5.74, 6) is 1.37. The lowest BCUT2D eigenvalue weighted by Crippen LogP contribution is -2.26. The molecule has 0 aromatic carbocycles. The molecule has 0 amide bonds. The normalized spacial score (nSPS) is 45.0. The number of carbonyl (C=O) groups excluding carboxylic acids is 1. The molecule has 86 valence electrons. The molecular formula is C15H20O. The molecule has 3 rings (SSSR count). The van der Waals surface area contributed by atoms with E-state index in [1.807, 2.05) is 0 Å². The molecule has 0 heterocycles. The molecule has 0 aromatic rings. The molecule has 0 bridgehead atoms. The van der Waals surface area contributed by atoms with Crippen LogP contribution in [0.1, 0.15) is 39.5 Å². The zero-order valence-electron chi connectivity index (χ0n) is 10.3. The number of allylic oxidation sites excluding steroid dienone is 2. The lowest BCUT2D eigenvalue weighted by atomic mass is 9.72. The van der Waals surface area contributed by atoms with Crippen molar-refractivity contribution in [3.05, 3.63) is 24.3 Å². The van der Waals surface area contributed by atoms with Crippen LogP contribution in [0.25, 0.3) is 0 Å². The van der Waals surface area contributed by atoms with Crippen molar-refractivity contribution in [2.45, 2.75) is 39.5 Å². The maximum absolute atomic E-state index is 11.9. The van der Waals surface area contributed by atoms with E-state index in [1.54, 1.807) is 0 Å². The Morgan fingerprint density at radius 2 is 1.94 bits per heavy atom. The highest BCUT2D eigenvalue weighted by molar-refractivity contribution is 5.99. The molecule has 0 aromatic heterocycles. The largest absolute Gasteiger partial charge is 0.295 e. The van der Waals surface area contributed by atoms with Gasteiger partial charge >= 0.3 is 0 Å². The van der Waals surface area contributed by atoms with Crippen LogP contribution in [-0.4, -0.2) is 5.78 Å². The first-order chi connectivity index (χ1) is 7.37. The summed E-state index contributed by atoms with van der Waals surface area (Å²) < 4.78 is 0. The number of ketones is 1. The summed E-state index contributed by atoms with van der Waals surface area (Å²) in [6.45, 7) is 13.0. The van der Waals surface area contributed by atoms with Gasteiger partial charge in [-0.05, 0) is 42.1 Å². The second kappa shape index (κ2) is 2.69. The lowest BCUT2D eigenvalue weighted by Gasteiger charge is -2.31. The average molecular weight is 216 g/mol. The molecule has 3 saturated carbocycles. The van der Waals surface area contributed by atoms with E-state index < -0.39 is 0 Å². The topological polar surface area (TPSA) is 17.1 Å². The number of hydrogen-bond acceptors (Lipinski definition) is 1. The fraction of sp³-hybridized carbons (Fsp3) is 0.667. The van der Waals surface area contributed by atoms with Gasteiger partial charge in [-0.25, -0.2) is 0 Å². The van der Waals surface area contributed by atoms with Crippen molar-refractivity contribution >= 4 is 5.78 Å². The molecule has 3 aliphatic rings. The van der Waals surface area contributed by atoms with E-state index in [4.69, 9.17) is 0 Å². The molecule has 16 heavy (non-hydrogen) atoms. The van der Waals surface area contributed by atoms with Gasteiger partial charge in [0.15, 0.2) is 5.78 Å². The Morgan fingerprint density at radius 1 is 1.25 bits per heavy atom. The molecular weight excluding hydrogens is 196 g/mol. The number of carbonyl (C=O) groups is 1. The Hall–Kier alpha value is -0.850. The minimum Gasteiger partial charge on any atom is -0.295 e. The third-order valence-electron chi connectivity index (χ3n) is 5.21. The van der Waals surface area contributed by atoms with Crippen molar-refractivity contribution in [3.8, 4) is 0 Å². The minimum absolute atomic E-state index is 0.109. The van der Waals surface area contributed by atoms with Crippen LogP contribution in [0.3, 0.4) is 0 Å². The van der Waals surface area contributed by atoms with E-state index >= 15 is 0 Å². The third kappa shape index (κ3) is 0.996. The maximum Gasteiger partial charge on any atom is 0.159 e. The second-order valence-electron chi connectivity index (χ2n) is 6.80. The average Bonchev–Trinajstić information content (AvgIpc) is 2.66. The summed E-state index contributed by atoms with van der Waals surface area (Å²) in [4.78, 5) is 11.9. The van der Waals surface area contributed by atoms with Crippen LogP contribution < -0.4 is 0 Å². The second-order valence-corrected chi connectivity index (χ2v) is 6.80. The molecule has 1 spiro atoms. The van der Waals surface area contributed by atoms with E-state index in [-0.39, 0.29) is 5.41 Å². The molecule has 0 saturated heterocycles. The Bertz CT molecular complexity index is 415. The highest BCUT2D eigenvalue weighted by Crippen LogP contribution is 2.70. The van der Waals surface area contributed by atoms with Gasteiger partial charge in [0.2, 0.25) is 0 Å². The zero-order valence-corrected chi connectivity index (χ0v) is 10.3. The van der Waals surface area contributed by atoms with Crippen LogP contribution in [0.5, 0.6) is 0 Å². The number of rotatable bonds is 0. The van der Waals surface area contributed by atoms with E-state index in [2.05, 4.69) is 27.0 Å². The van der Waals surface area contributed by atoms with Crippen molar-refractivity contribution in [2.24, 2.45) is 22.7 Å². The fourth-order valence-electron chi connectivity index (χ4n) is 4.72. The number of hydrogen-bond donors (Lipinski definition) is 0. The Morgan fingerprint density at radius 3 is 2.62 bits per heavy atom. The van der Waals surface area contributed by atoms with Crippen LogP contribution in [0, 0.1) is 22.7 Å². The maximum atomic E-state index is 11.9. The van der Waals surface area contributed by atoms with Crippen molar-refractivity contribution in [1.29, 1.82) is 0 Å². The molecule has 0 aliphatic heterocycles. The van der Waals surface area contributed by atoms with Crippen LogP contribution in [-0.2, 0) is 4.79 Å². The minimum atomic E-state index is 0.109. The van der Waals surface area contributed by atoms with Gasteiger partial charge in [0, 0.05) is 11.8 Å². The summed E-state index contributed by atoms with van der Waals surface area (Å²) in [5.41, 5.74) is 2.76. The summed E-state index contributed by atoms with van der Waals surface area (Å²) >= 11 is 0. The highest BCUT2D eigenvalue weighted by atomic mass is 16.1. The van der Waals surface area contributed by atoms with Crippen molar-refractivity contribution in [3.63, 3.8) is 0 Å². The highest BCUT2D eigenvalue weighted by Gasteiger charge is 2.64. The van der Waals surface area contributed by atoms with Crippen molar-refractivity contribution < 1.29 is 4.79 Å². The first-order valence-electron chi connectivity index (χ1n) is 6.27. The van der Waals surface area contributed by atoms with Gasteiger partial charge in [-0.3, -0.25) is 4.79 Å². The molecule has 0 unspecified atom stereocenters. The molecule has 3 atom stereocenters. The molecule has 0 radical (unpaired) electrons. The molecule has 3 aliphatic carbocycles. The van der Waals surface area contributed by atoms with Gasteiger partial charge < -0.3 is 0 Å². The van der Waals surface area contributed by atoms with Gasteiger partial charge in [-0.1, -0.05) is 32.6 Å². The summed E-state index contributed by atoms with van der Waals surface area (Å²) in [7, 11) is 0. The SMILES string of the molecule is C=C1C[C@@H]2CC(=O)C(=C)[C@@]23CC(C)(C)C[C@@H]13. The summed E-state index contributed by atoms with van der Waals surface area (Å²) in [6.07, 6.45) is 4.11. The van der Waals surface area contributed by atoms with Gasteiger partial charge in [-0.2, -0.15) is 0 Å². The van der Waals surface area contributed by atoms with Crippen molar-refractivity contribution in [1.82, 2.24) is 0 Å². The number of Topliss-reactive ketones (excluding diaryl/α,β-unsaturated/α-hetero) is 1. The first-order valence-corrected chi connectivity index (χ1v) is 6.27. The Kier molecular flexibility index (Phi) is 1.74. The van der Waals surface area contributed by atoms with Crippen LogP contribution >= 0.6 is 0 Å².